The van der Waals surface area contributed by atoms with Crippen LogP contribution < -0.4 is 10.9 Å². The number of carbonyl (C=O) groups is 1. The molecule has 3 aromatic rings. The Morgan fingerprint density at radius 3 is 2.67 bits per heavy atom. The molecule has 8 heteroatoms. The van der Waals surface area contributed by atoms with Gasteiger partial charge in [0.1, 0.15) is 22.9 Å². The van der Waals surface area contributed by atoms with Crippen molar-refractivity contribution in [3.05, 3.63) is 75.4 Å². The third-order valence-corrected chi connectivity index (χ3v) is 5.01. The Balaban J connectivity index is 1.83. The summed E-state index contributed by atoms with van der Waals surface area (Å²) in [5.41, 5.74) is -1.01. The summed E-state index contributed by atoms with van der Waals surface area (Å²) >= 11 is 1.47. The number of aromatic nitrogens is 2. The van der Waals surface area contributed by atoms with Crippen LogP contribution in [0.5, 0.6) is 0 Å². The van der Waals surface area contributed by atoms with Gasteiger partial charge in [0.2, 0.25) is 5.91 Å². The average molecular weight is 389 g/mol. The number of benzene rings is 1. The van der Waals surface area contributed by atoms with Crippen molar-refractivity contribution in [1.82, 2.24) is 15.1 Å². The van der Waals surface area contributed by atoms with Gasteiger partial charge in [-0.1, -0.05) is 12.1 Å². The van der Waals surface area contributed by atoms with E-state index in [0.717, 1.165) is 21.7 Å². The predicted octanol–water partition coefficient (Wildman–Crippen LogP) is 3.30. The van der Waals surface area contributed by atoms with Crippen LogP contribution in [0.25, 0.3) is 10.6 Å². The van der Waals surface area contributed by atoms with Crippen LogP contribution in [0, 0.1) is 11.6 Å². The molecule has 0 atom stereocenters. The van der Waals surface area contributed by atoms with E-state index in [-0.39, 0.29) is 12.1 Å². The number of nitrogens with zero attached hydrogens (tertiary/aromatic N) is 2. The minimum atomic E-state index is -1.30. The van der Waals surface area contributed by atoms with E-state index in [1.54, 1.807) is 19.9 Å². The molecule has 2 aromatic heterocycles. The summed E-state index contributed by atoms with van der Waals surface area (Å²) in [5, 5.41) is 8.79. The van der Waals surface area contributed by atoms with Gasteiger partial charge in [-0.3, -0.25) is 9.59 Å². The fourth-order valence-electron chi connectivity index (χ4n) is 2.52. The Kier molecular flexibility index (Phi) is 5.18. The van der Waals surface area contributed by atoms with Gasteiger partial charge in [0.05, 0.1) is 4.88 Å². The molecular weight excluding hydrogens is 372 g/mol. The molecule has 0 aliphatic carbocycles. The third-order valence-electron chi connectivity index (χ3n) is 4.11. The normalized spacial score (nSPS) is 11.4. The molecule has 0 unspecified atom stereocenters. The zero-order valence-electron chi connectivity index (χ0n) is 14.7. The van der Waals surface area contributed by atoms with E-state index in [0.29, 0.717) is 5.69 Å². The molecule has 0 bridgehead atoms. The van der Waals surface area contributed by atoms with Gasteiger partial charge in [-0.25, -0.2) is 13.5 Å². The molecule has 5 nitrogen and oxygen atoms in total. The number of rotatable bonds is 5. The summed E-state index contributed by atoms with van der Waals surface area (Å²) in [6, 6.07) is 9.83. The molecule has 0 saturated heterocycles. The highest BCUT2D eigenvalue weighted by Crippen LogP contribution is 2.22. The summed E-state index contributed by atoms with van der Waals surface area (Å²) in [5.74, 6) is -1.95. The Morgan fingerprint density at radius 2 is 2.00 bits per heavy atom. The van der Waals surface area contributed by atoms with Gasteiger partial charge in [-0.05, 0) is 37.4 Å². The second-order valence-corrected chi connectivity index (χ2v) is 7.37. The first-order valence-electron chi connectivity index (χ1n) is 8.16. The van der Waals surface area contributed by atoms with E-state index in [1.165, 1.54) is 23.5 Å². The predicted molar refractivity (Wildman–Crippen MR) is 99.3 cm³/mol. The fourth-order valence-corrected chi connectivity index (χ4v) is 3.21. The molecule has 0 saturated carbocycles. The maximum atomic E-state index is 13.7. The Morgan fingerprint density at radius 1 is 1.22 bits per heavy atom. The maximum Gasteiger partial charge on any atom is 0.267 e. The first-order chi connectivity index (χ1) is 12.8. The summed E-state index contributed by atoms with van der Waals surface area (Å²) in [4.78, 5) is 25.8. The second-order valence-electron chi connectivity index (χ2n) is 6.42. The SMILES string of the molecule is CC(C)(C(=O)NCc1ccc(F)cc1F)n1nc(-c2cccs2)ccc1=O. The van der Waals surface area contributed by atoms with Crippen molar-refractivity contribution in [1.29, 1.82) is 0 Å². The van der Waals surface area contributed by atoms with Gasteiger partial charge in [-0.2, -0.15) is 5.10 Å². The van der Waals surface area contributed by atoms with Crippen LogP contribution in [0.2, 0.25) is 0 Å². The molecule has 1 N–H and O–H groups in total. The molecule has 0 radical (unpaired) electrons. The van der Waals surface area contributed by atoms with E-state index in [9.17, 15) is 18.4 Å². The lowest BCUT2D eigenvalue weighted by Crippen LogP contribution is -2.49. The molecule has 2 heterocycles. The van der Waals surface area contributed by atoms with Crippen molar-refractivity contribution in [2.75, 3.05) is 0 Å². The van der Waals surface area contributed by atoms with E-state index >= 15 is 0 Å². The van der Waals surface area contributed by atoms with Gasteiger partial charge >= 0.3 is 0 Å². The molecule has 0 fully saturated rings. The third kappa shape index (κ3) is 3.95. The van der Waals surface area contributed by atoms with Gasteiger partial charge < -0.3 is 5.32 Å². The lowest BCUT2D eigenvalue weighted by molar-refractivity contribution is -0.129. The molecule has 1 amide bonds. The minimum Gasteiger partial charge on any atom is -0.350 e. The molecule has 1 aromatic carbocycles. The van der Waals surface area contributed by atoms with Crippen LogP contribution in [0.4, 0.5) is 8.78 Å². The van der Waals surface area contributed by atoms with Crippen molar-refractivity contribution < 1.29 is 13.6 Å². The Hall–Kier alpha value is -2.87. The number of amides is 1. The van der Waals surface area contributed by atoms with Gasteiger partial charge in [0.15, 0.2) is 0 Å². The Labute approximate surface area is 158 Å². The van der Waals surface area contributed by atoms with E-state index < -0.39 is 28.6 Å². The van der Waals surface area contributed by atoms with Gasteiger partial charge in [0, 0.05) is 24.2 Å². The molecule has 0 spiro atoms. The molecule has 27 heavy (non-hydrogen) atoms. The standard InChI is InChI=1S/C19H17F2N3O2S/c1-19(2,18(26)22-11-12-5-6-13(20)10-14(12)21)24-17(25)8-7-15(23-24)16-4-3-9-27-16/h3-10H,11H2,1-2H3,(H,22,26). The van der Waals surface area contributed by atoms with Crippen molar-refractivity contribution in [3.8, 4) is 10.6 Å². The Bertz CT molecular complexity index is 1030. The van der Waals surface area contributed by atoms with E-state index in [2.05, 4.69) is 10.4 Å². The monoisotopic (exact) mass is 389 g/mol. The quantitative estimate of drug-likeness (QED) is 0.728. The first-order valence-corrected chi connectivity index (χ1v) is 9.04. The smallest absolute Gasteiger partial charge is 0.267 e. The van der Waals surface area contributed by atoms with Crippen LogP contribution in [0.15, 0.2) is 52.6 Å². The van der Waals surface area contributed by atoms with Crippen LogP contribution >= 0.6 is 11.3 Å². The van der Waals surface area contributed by atoms with Gasteiger partial charge in [0.25, 0.3) is 5.56 Å². The highest BCUT2D eigenvalue weighted by molar-refractivity contribution is 7.13. The number of hydrogen-bond acceptors (Lipinski definition) is 4. The van der Waals surface area contributed by atoms with E-state index in [4.69, 9.17) is 0 Å². The number of thiophene rings is 1. The molecule has 140 valence electrons. The highest BCUT2D eigenvalue weighted by Gasteiger charge is 2.32. The number of halogens is 2. The lowest BCUT2D eigenvalue weighted by atomic mass is 10.0. The van der Waals surface area contributed by atoms with Crippen molar-refractivity contribution in [3.63, 3.8) is 0 Å². The highest BCUT2D eigenvalue weighted by atomic mass is 32.1. The van der Waals surface area contributed by atoms with Crippen LogP contribution in [0.3, 0.4) is 0 Å². The largest absolute Gasteiger partial charge is 0.350 e. The van der Waals surface area contributed by atoms with Crippen molar-refractivity contribution >= 4 is 17.2 Å². The summed E-state index contributed by atoms with van der Waals surface area (Å²) in [7, 11) is 0. The summed E-state index contributed by atoms with van der Waals surface area (Å²) in [6.07, 6.45) is 0. The number of nitrogens with one attached hydrogen (secondary N) is 1. The van der Waals surface area contributed by atoms with Crippen LogP contribution in [-0.4, -0.2) is 15.7 Å². The number of hydrogen-bond donors (Lipinski definition) is 1. The lowest BCUT2D eigenvalue weighted by Gasteiger charge is -2.25. The molecule has 0 aliphatic rings. The molecule has 3 rings (SSSR count). The summed E-state index contributed by atoms with van der Waals surface area (Å²) < 4.78 is 27.8. The topological polar surface area (TPSA) is 64.0 Å². The summed E-state index contributed by atoms with van der Waals surface area (Å²) in [6.45, 7) is 2.97. The maximum absolute atomic E-state index is 13.7. The minimum absolute atomic E-state index is 0.131. The zero-order valence-corrected chi connectivity index (χ0v) is 15.5. The average Bonchev–Trinajstić information content (AvgIpc) is 3.15. The second kappa shape index (κ2) is 7.40. The fraction of sp³-hybridized carbons (Fsp3) is 0.211. The molecular formula is C19H17F2N3O2S. The van der Waals surface area contributed by atoms with Gasteiger partial charge in [-0.15, -0.1) is 11.3 Å². The number of carbonyl (C=O) groups excluding carboxylic acids is 1. The van der Waals surface area contributed by atoms with Crippen LogP contribution in [-0.2, 0) is 16.9 Å². The van der Waals surface area contributed by atoms with Crippen LogP contribution in [0.1, 0.15) is 19.4 Å². The van der Waals surface area contributed by atoms with Crippen molar-refractivity contribution in [2.24, 2.45) is 0 Å². The van der Waals surface area contributed by atoms with Crippen molar-refractivity contribution in [2.45, 2.75) is 25.9 Å². The zero-order chi connectivity index (χ0) is 19.6. The first kappa shape index (κ1) is 18.9. The van der Waals surface area contributed by atoms with E-state index in [1.807, 2.05) is 17.5 Å². The molecule has 0 aliphatic heterocycles.